The van der Waals surface area contributed by atoms with Crippen LogP contribution in [-0.2, 0) is 0 Å². The fraction of sp³-hybridized carbons (Fsp3) is 0.368. The highest BCUT2D eigenvalue weighted by Gasteiger charge is 2.24. The van der Waals surface area contributed by atoms with E-state index in [-0.39, 0.29) is 0 Å². The quantitative estimate of drug-likeness (QED) is 0.797. The van der Waals surface area contributed by atoms with Gasteiger partial charge in [0, 0.05) is 35.6 Å². The molecule has 3 heteroatoms. The molecule has 0 saturated carbocycles. The molecule has 1 aromatic heterocycles. The van der Waals surface area contributed by atoms with Crippen LogP contribution in [0.25, 0.3) is 0 Å². The van der Waals surface area contributed by atoms with E-state index in [2.05, 4.69) is 48.1 Å². The maximum absolute atomic E-state index is 5.06. The van der Waals surface area contributed by atoms with E-state index in [9.17, 15) is 0 Å². The molecule has 2 unspecified atom stereocenters. The van der Waals surface area contributed by atoms with Crippen LogP contribution in [0.4, 0.5) is 0 Å². The molecule has 1 fully saturated rings. The molecule has 2 aromatic rings. The molecule has 1 aliphatic heterocycles. The number of nitrogens with zero attached hydrogens (tertiary/aromatic N) is 3. The van der Waals surface area contributed by atoms with E-state index in [1.165, 1.54) is 19.3 Å². The summed E-state index contributed by atoms with van der Waals surface area (Å²) < 4.78 is 0. The molecule has 1 saturated heterocycles. The maximum atomic E-state index is 5.06. The summed E-state index contributed by atoms with van der Waals surface area (Å²) in [6.07, 6.45) is 7.39. The SMILES string of the molecule is CC1CCCC(C)N1N=C(c1ccccc1)c1ccncc1. The number of rotatable bonds is 3. The number of hydrogen-bond donors (Lipinski definition) is 0. The van der Waals surface area contributed by atoms with Crippen LogP contribution >= 0.6 is 0 Å². The van der Waals surface area contributed by atoms with Gasteiger partial charge in [0.2, 0.25) is 0 Å². The Labute approximate surface area is 132 Å². The third kappa shape index (κ3) is 3.19. The summed E-state index contributed by atoms with van der Waals surface area (Å²) in [5.41, 5.74) is 3.30. The van der Waals surface area contributed by atoms with Crippen LogP contribution in [0.15, 0.2) is 60.0 Å². The minimum atomic E-state index is 0.490. The summed E-state index contributed by atoms with van der Waals surface area (Å²) in [6, 6.07) is 15.5. The normalized spacial score (nSPS) is 22.6. The van der Waals surface area contributed by atoms with E-state index in [1.807, 2.05) is 30.6 Å². The lowest BCUT2D eigenvalue weighted by atomic mass is 9.99. The standard InChI is InChI=1S/C19H23N3/c1-15-7-6-8-16(2)22(15)21-19(17-9-4-3-5-10-17)18-11-13-20-14-12-18/h3-5,9-16H,6-8H2,1-2H3. The monoisotopic (exact) mass is 293 g/mol. The van der Waals surface area contributed by atoms with Crippen LogP contribution in [0.3, 0.4) is 0 Å². The molecular weight excluding hydrogens is 270 g/mol. The van der Waals surface area contributed by atoms with Gasteiger partial charge in [0.15, 0.2) is 0 Å². The number of hydrogen-bond acceptors (Lipinski definition) is 3. The lowest BCUT2D eigenvalue weighted by molar-refractivity contribution is 0.109. The largest absolute Gasteiger partial charge is 0.291 e. The Kier molecular flexibility index (Phi) is 4.52. The zero-order chi connectivity index (χ0) is 15.4. The van der Waals surface area contributed by atoms with Crippen molar-refractivity contribution in [2.24, 2.45) is 5.10 Å². The van der Waals surface area contributed by atoms with Gasteiger partial charge >= 0.3 is 0 Å². The third-order valence-electron chi connectivity index (χ3n) is 4.36. The van der Waals surface area contributed by atoms with Gasteiger partial charge in [-0.2, -0.15) is 5.10 Å². The van der Waals surface area contributed by atoms with Gasteiger partial charge in [-0.1, -0.05) is 30.3 Å². The lowest BCUT2D eigenvalue weighted by Gasteiger charge is -2.37. The van der Waals surface area contributed by atoms with Crippen molar-refractivity contribution in [1.82, 2.24) is 9.99 Å². The smallest absolute Gasteiger partial charge is 0.0977 e. The number of hydrazone groups is 1. The Balaban J connectivity index is 2.03. The first-order valence-electron chi connectivity index (χ1n) is 8.08. The molecule has 1 aliphatic rings. The van der Waals surface area contributed by atoms with Crippen molar-refractivity contribution in [2.75, 3.05) is 0 Å². The van der Waals surface area contributed by atoms with E-state index in [0.717, 1.165) is 16.8 Å². The van der Waals surface area contributed by atoms with E-state index in [1.54, 1.807) is 0 Å². The van der Waals surface area contributed by atoms with Gasteiger partial charge in [-0.25, -0.2) is 0 Å². The van der Waals surface area contributed by atoms with Gasteiger partial charge in [-0.15, -0.1) is 0 Å². The van der Waals surface area contributed by atoms with Gasteiger partial charge in [0.05, 0.1) is 5.71 Å². The Bertz CT molecular complexity index is 570. The second kappa shape index (κ2) is 6.73. The van der Waals surface area contributed by atoms with Crippen molar-refractivity contribution in [3.05, 3.63) is 66.0 Å². The molecule has 22 heavy (non-hydrogen) atoms. The number of piperidine rings is 1. The highest BCUT2D eigenvalue weighted by atomic mass is 15.5. The van der Waals surface area contributed by atoms with Crippen molar-refractivity contribution in [3.63, 3.8) is 0 Å². The van der Waals surface area contributed by atoms with E-state index in [4.69, 9.17) is 5.10 Å². The first-order chi connectivity index (χ1) is 10.8. The molecular formula is C19H23N3. The molecule has 0 aliphatic carbocycles. The van der Waals surface area contributed by atoms with Crippen LogP contribution in [-0.4, -0.2) is 27.8 Å². The molecule has 0 amide bonds. The van der Waals surface area contributed by atoms with Crippen molar-refractivity contribution in [2.45, 2.75) is 45.2 Å². The summed E-state index contributed by atoms with van der Waals surface area (Å²) >= 11 is 0. The summed E-state index contributed by atoms with van der Waals surface area (Å²) in [4.78, 5) is 4.13. The maximum Gasteiger partial charge on any atom is 0.0977 e. The fourth-order valence-electron chi connectivity index (χ4n) is 3.11. The van der Waals surface area contributed by atoms with Crippen LogP contribution in [0, 0.1) is 0 Å². The van der Waals surface area contributed by atoms with Crippen molar-refractivity contribution >= 4 is 5.71 Å². The summed E-state index contributed by atoms with van der Waals surface area (Å²) in [7, 11) is 0. The molecule has 0 bridgehead atoms. The molecule has 2 heterocycles. The van der Waals surface area contributed by atoms with Crippen LogP contribution in [0.1, 0.15) is 44.2 Å². The Hall–Kier alpha value is -2.16. The minimum absolute atomic E-state index is 0.490. The third-order valence-corrected chi connectivity index (χ3v) is 4.36. The molecule has 114 valence electrons. The van der Waals surface area contributed by atoms with Crippen molar-refractivity contribution in [3.8, 4) is 0 Å². The molecule has 2 atom stereocenters. The van der Waals surface area contributed by atoms with E-state index < -0.39 is 0 Å². The van der Waals surface area contributed by atoms with Crippen molar-refractivity contribution in [1.29, 1.82) is 0 Å². The van der Waals surface area contributed by atoms with Crippen molar-refractivity contribution < 1.29 is 0 Å². The summed E-state index contributed by atoms with van der Waals surface area (Å²) in [5, 5.41) is 7.34. The second-order valence-corrected chi connectivity index (χ2v) is 6.06. The minimum Gasteiger partial charge on any atom is -0.291 e. The first-order valence-corrected chi connectivity index (χ1v) is 8.08. The topological polar surface area (TPSA) is 28.5 Å². The Morgan fingerprint density at radius 1 is 0.955 bits per heavy atom. The lowest BCUT2D eigenvalue weighted by Crippen LogP contribution is -2.40. The average Bonchev–Trinajstić information content (AvgIpc) is 2.56. The van der Waals surface area contributed by atoms with Gasteiger partial charge in [-0.05, 0) is 45.2 Å². The fourth-order valence-corrected chi connectivity index (χ4v) is 3.11. The molecule has 3 nitrogen and oxygen atoms in total. The number of aromatic nitrogens is 1. The number of pyridine rings is 1. The molecule has 3 rings (SSSR count). The highest BCUT2D eigenvalue weighted by Crippen LogP contribution is 2.24. The van der Waals surface area contributed by atoms with E-state index in [0.29, 0.717) is 12.1 Å². The van der Waals surface area contributed by atoms with Gasteiger partial charge in [0.1, 0.15) is 0 Å². The molecule has 0 radical (unpaired) electrons. The first kappa shape index (κ1) is 14.8. The molecule has 1 aromatic carbocycles. The van der Waals surface area contributed by atoms with E-state index >= 15 is 0 Å². The zero-order valence-electron chi connectivity index (χ0n) is 13.3. The van der Waals surface area contributed by atoms with Crippen LogP contribution < -0.4 is 0 Å². The molecule has 0 spiro atoms. The van der Waals surface area contributed by atoms with Crippen LogP contribution in [0.2, 0.25) is 0 Å². The number of benzene rings is 1. The summed E-state index contributed by atoms with van der Waals surface area (Å²) in [6.45, 7) is 4.54. The second-order valence-electron chi connectivity index (χ2n) is 6.06. The predicted molar refractivity (Wildman–Crippen MR) is 90.9 cm³/mol. The molecule has 0 N–H and O–H groups in total. The average molecular weight is 293 g/mol. The zero-order valence-corrected chi connectivity index (χ0v) is 13.3. The summed E-state index contributed by atoms with van der Waals surface area (Å²) in [5.74, 6) is 0. The van der Waals surface area contributed by atoms with Gasteiger partial charge < -0.3 is 0 Å². The Morgan fingerprint density at radius 3 is 2.18 bits per heavy atom. The van der Waals surface area contributed by atoms with Gasteiger partial charge in [0.25, 0.3) is 0 Å². The van der Waals surface area contributed by atoms with Crippen LogP contribution in [0.5, 0.6) is 0 Å². The predicted octanol–water partition coefficient (Wildman–Crippen LogP) is 4.10. The Morgan fingerprint density at radius 2 is 1.55 bits per heavy atom. The van der Waals surface area contributed by atoms with Gasteiger partial charge in [-0.3, -0.25) is 9.99 Å². The highest BCUT2D eigenvalue weighted by molar-refractivity contribution is 6.12.